The average molecular weight is 518 g/mol. The van der Waals surface area contributed by atoms with Crippen LogP contribution in [0.25, 0.3) is 22.5 Å². The third-order valence-electron chi connectivity index (χ3n) is 6.72. The van der Waals surface area contributed by atoms with E-state index in [1.807, 2.05) is 24.3 Å². The molecule has 5 rings (SSSR count). The van der Waals surface area contributed by atoms with E-state index in [1.165, 1.54) is 0 Å². The fourth-order valence-corrected chi connectivity index (χ4v) is 4.79. The molecule has 1 aliphatic heterocycles. The molecule has 1 aromatic heterocycles. The van der Waals surface area contributed by atoms with Crippen molar-refractivity contribution in [3.05, 3.63) is 87.8 Å². The van der Waals surface area contributed by atoms with Gasteiger partial charge in [-0.15, -0.1) is 0 Å². The molecule has 0 saturated carbocycles. The van der Waals surface area contributed by atoms with Crippen LogP contribution in [0.15, 0.2) is 59.1 Å². The van der Waals surface area contributed by atoms with Crippen LogP contribution >= 0.6 is 11.6 Å². The fourth-order valence-electron chi connectivity index (χ4n) is 4.54. The van der Waals surface area contributed by atoms with E-state index in [0.717, 1.165) is 66.0 Å². The topological polar surface area (TPSA) is 77.7 Å². The lowest BCUT2D eigenvalue weighted by atomic mass is 9.91. The Morgan fingerprint density at radius 3 is 2.49 bits per heavy atom. The minimum atomic E-state index is 0.355. The largest absolute Gasteiger partial charge is 0.487 e. The molecule has 8 heteroatoms. The van der Waals surface area contributed by atoms with Crippen LogP contribution in [-0.4, -0.2) is 47.6 Å². The molecule has 0 bridgehead atoms. The number of ether oxygens (including phenoxy) is 2. The second-order valence-corrected chi connectivity index (χ2v) is 9.47. The first-order valence-electron chi connectivity index (χ1n) is 12.2. The van der Waals surface area contributed by atoms with Gasteiger partial charge in [0.2, 0.25) is 11.7 Å². The molecule has 1 saturated heterocycles. The quantitative estimate of drug-likeness (QED) is 0.269. The van der Waals surface area contributed by atoms with Crippen LogP contribution in [0, 0.1) is 13.8 Å². The van der Waals surface area contributed by atoms with Crippen LogP contribution in [0.2, 0.25) is 5.02 Å². The molecule has 1 aliphatic rings. The zero-order chi connectivity index (χ0) is 25.8. The van der Waals surface area contributed by atoms with Gasteiger partial charge in [0, 0.05) is 24.2 Å². The van der Waals surface area contributed by atoms with Gasteiger partial charge < -0.3 is 14.0 Å². The number of hydrogen-bond acceptors (Lipinski definition) is 7. The molecule has 0 amide bonds. The molecular weight excluding hydrogens is 490 g/mol. The number of morpholine rings is 1. The second-order valence-electron chi connectivity index (χ2n) is 9.06. The predicted molar refractivity (Wildman–Crippen MR) is 142 cm³/mol. The Labute approximate surface area is 221 Å². The van der Waals surface area contributed by atoms with Crippen LogP contribution < -0.4 is 4.74 Å². The van der Waals surface area contributed by atoms with E-state index in [2.05, 4.69) is 41.0 Å². The van der Waals surface area contributed by atoms with Crippen molar-refractivity contribution in [2.75, 3.05) is 26.3 Å². The van der Waals surface area contributed by atoms with Gasteiger partial charge in [-0.3, -0.25) is 9.69 Å². The van der Waals surface area contributed by atoms with Gasteiger partial charge >= 0.3 is 0 Å². The molecule has 37 heavy (non-hydrogen) atoms. The van der Waals surface area contributed by atoms with Gasteiger partial charge in [-0.2, -0.15) is 4.98 Å². The molecule has 0 atom stereocenters. The Morgan fingerprint density at radius 1 is 1.00 bits per heavy atom. The van der Waals surface area contributed by atoms with Crippen molar-refractivity contribution in [3.63, 3.8) is 0 Å². The van der Waals surface area contributed by atoms with Gasteiger partial charge in [0.05, 0.1) is 24.8 Å². The lowest BCUT2D eigenvalue weighted by molar-refractivity contribution is 0.0297. The van der Waals surface area contributed by atoms with Gasteiger partial charge in [-0.1, -0.05) is 53.2 Å². The van der Waals surface area contributed by atoms with E-state index in [9.17, 15) is 4.79 Å². The summed E-state index contributed by atoms with van der Waals surface area (Å²) in [6, 6.07) is 17.3. The van der Waals surface area contributed by atoms with E-state index >= 15 is 0 Å². The summed E-state index contributed by atoms with van der Waals surface area (Å²) in [6.07, 6.45) is 0.763. The maximum atomic E-state index is 11.0. The Hall–Kier alpha value is -3.52. The first-order valence-corrected chi connectivity index (χ1v) is 12.6. The lowest BCUT2D eigenvalue weighted by Gasteiger charge is -2.24. The molecule has 7 nitrogen and oxygen atoms in total. The van der Waals surface area contributed by atoms with E-state index in [0.29, 0.717) is 41.2 Å². The third kappa shape index (κ3) is 5.59. The Balaban J connectivity index is 1.37. The minimum Gasteiger partial charge on any atom is -0.487 e. The summed E-state index contributed by atoms with van der Waals surface area (Å²) in [7, 11) is 0. The van der Waals surface area contributed by atoms with Gasteiger partial charge in [0.25, 0.3) is 0 Å². The number of carbonyl (C=O) groups is 1. The summed E-state index contributed by atoms with van der Waals surface area (Å²) >= 11 is 6.28. The zero-order valence-electron chi connectivity index (χ0n) is 20.9. The summed E-state index contributed by atoms with van der Waals surface area (Å²) in [5.74, 6) is 1.74. The number of hydrogen-bond donors (Lipinski definition) is 0. The number of aldehydes is 1. The molecule has 0 spiro atoms. The van der Waals surface area contributed by atoms with Crippen LogP contribution in [-0.2, 0) is 17.9 Å². The highest BCUT2D eigenvalue weighted by molar-refractivity contribution is 6.32. The molecule has 0 unspecified atom stereocenters. The maximum absolute atomic E-state index is 11.0. The second kappa shape index (κ2) is 11.3. The molecule has 2 heterocycles. The first-order chi connectivity index (χ1) is 18.0. The number of nitrogens with zero attached hydrogens (tertiary/aromatic N) is 3. The zero-order valence-corrected chi connectivity index (χ0v) is 21.6. The molecule has 3 aromatic carbocycles. The lowest BCUT2D eigenvalue weighted by Crippen LogP contribution is -2.35. The molecule has 190 valence electrons. The third-order valence-corrected chi connectivity index (χ3v) is 7.01. The summed E-state index contributed by atoms with van der Waals surface area (Å²) in [4.78, 5) is 17.9. The van der Waals surface area contributed by atoms with Crippen molar-refractivity contribution in [2.45, 2.75) is 27.0 Å². The maximum Gasteiger partial charge on any atom is 0.241 e. The van der Waals surface area contributed by atoms with Gasteiger partial charge in [0.1, 0.15) is 18.6 Å². The summed E-state index contributed by atoms with van der Waals surface area (Å²) < 4.78 is 17.0. The monoisotopic (exact) mass is 517 g/mol. The van der Waals surface area contributed by atoms with Crippen LogP contribution in [0.4, 0.5) is 0 Å². The fraction of sp³-hybridized carbons (Fsp3) is 0.276. The Kier molecular flexibility index (Phi) is 7.65. The van der Waals surface area contributed by atoms with E-state index in [4.69, 9.17) is 25.6 Å². The number of halogens is 1. The summed E-state index contributed by atoms with van der Waals surface area (Å²) in [5, 5.41) is 4.68. The number of benzene rings is 3. The average Bonchev–Trinajstić information content (AvgIpc) is 3.37. The number of carbonyl (C=O) groups excluding carboxylic acids is 1. The smallest absolute Gasteiger partial charge is 0.241 e. The predicted octanol–water partition coefficient (Wildman–Crippen LogP) is 5.90. The van der Waals surface area contributed by atoms with E-state index in [1.54, 1.807) is 18.2 Å². The highest BCUT2D eigenvalue weighted by Gasteiger charge is 2.18. The Bertz CT molecular complexity index is 1410. The van der Waals surface area contributed by atoms with Crippen molar-refractivity contribution in [3.8, 4) is 28.3 Å². The van der Waals surface area contributed by atoms with Gasteiger partial charge in [-0.05, 0) is 59.9 Å². The highest BCUT2D eigenvalue weighted by Crippen LogP contribution is 2.34. The first kappa shape index (κ1) is 25.1. The minimum absolute atomic E-state index is 0.355. The van der Waals surface area contributed by atoms with E-state index in [-0.39, 0.29) is 0 Å². The highest BCUT2D eigenvalue weighted by atomic mass is 35.5. The van der Waals surface area contributed by atoms with Gasteiger partial charge in [0.15, 0.2) is 0 Å². The molecule has 1 fully saturated rings. The summed E-state index contributed by atoms with van der Waals surface area (Å²) in [5.41, 5.74) is 6.91. The van der Waals surface area contributed by atoms with Crippen LogP contribution in [0.3, 0.4) is 0 Å². The SMILES string of the molecule is Cc1c(COc2ccc(C=O)cc2Cl)cccc1-c1cccc(-c2noc(CN3CCOCC3)n2)c1C. The molecular formula is C29H28ClN3O4. The van der Waals surface area contributed by atoms with Crippen molar-refractivity contribution in [2.24, 2.45) is 0 Å². The molecule has 0 N–H and O–H groups in total. The number of aromatic nitrogens is 2. The normalized spacial score (nSPS) is 14.0. The molecule has 0 radical (unpaired) electrons. The molecule has 4 aromatic rings. The molecule has 0 aliphatic carbocycles. The van der Waals surface area contributed by atoms with E-state index < -0.39 is 0 Å². The van der Waals surface area contributed by atoms with Crippen LogP contribution in [0.1, 0.15) is 32.9 Å². The Morgan fingerprint density at radius 2 is 1.73 bits per heavy atom. The van der Waals surface area contributed by atoms with Crippen molar-refractivity contribution < 1.29 is 18.8 Å². The van der Waals surface area contributed by atoms with Crippen LogP contribution in [0.5, 0.6) is 5.75 Å². The van der Waals surface area contributed by atoms with Crippen molar-refractivity contribution >= 4 is 17.9 Å². The number of rotatable bonds is 8. The van der Waals surface area contributed by atoms with Crippen molar-refractivity contribution in [1.82, 2.24) is 15.0 Å². The summed E-state index contributed by atoms with van der Waals surface area (Å²) in [6.45, 7) is 8.33. The standard InChI is InChI=1S/C29H28ClN3O4/c1-19-22(18-36-27-10-9-21(17-34)15-26(27)30)5-3-6-23(19)24-7-4-8-25(20(24)2)29-31-28(37-32-29)16-33-11-13-35-14-12-33/h3-10,15,17H,11-14,16,18H2,1-2H3. The van der Waals surface area contributed by atoms with Crippen molar-refractivity contribution in [1.29, 1.82) is 0 Å². The van der Waals surface area contributed by atoms with Gasteiger partial charge in [-0.25, -0.2) is 0 Å².